The lowest BCUT2D eigenvalue weighted by Crippen LogP contribution is -3.06. The van der Waals surface area contributed by atoms with Gasteiger partial charge in [-0.2, -0.15) is 0 Å². The summed E-state index contributed by atoms with van der Waals surface area (Å²) in [5, 5.41) is 10.1. The first kappa shape index (κ1) is 16.5. The number of benzene rings is 2. The number of aromatic hydroxyl groups is 1. The lowest BCUT2D eigenvalue weighted by Gasteiger charge is -2.21. The van der Waals surface area contributed by atoms with Crippen LogP contribution in [0.4, 0.5) is 4.39 Å². The number of halogens is 2. The molecule has 0 heterocycles. The zero-order chi connectivity index (χ0) is 16.1. The van der Waals surface area contributed by atoms with Gasteiger partial charge in [-0.15, -0.1) is 0 Å². The van der Waals surface area contributed by atoms with E-state index in [-0.39, 0.29) is 17.6 Å². The number of quaternary nitrogens is 1. The molecular formula is C17H19ClFN2O+. The number of nitrogens with one attached hydrogen (secondary N) is 1. The predicted molar refractivity (Wildman–Crippen MR) is 87.5 cm³/mol. The fourth-order valence-corrected chi connectivity index (χ4v) is 2.55. The van der Waals surface area contributed by atoms with E-state index in [1.54, 1.807) is 36.5 Å². The van der Waals surface area contributed by atoms with Crippen LogP contribution >= 0.6 is 11.6 Å². The number of phenolic OH excluding ortho intramolecular Hbond substituents is 1. The summed E-state index contributed by atoms with van der Waals surface area (Å²) in [6.07, 6.45) is 1.60. The van der Waals surface area contributed by atoms with Crippen LogP contribution in [0.2, 0.25) is 5.02 Å². The average Bonchev–Trinajstić information content (AvgIpc) is 2.47. The highest BCUT2D eigenvalue weighted by molar-refractivity contribution is 6.31. The lowest BCUT2D eigenvalue weighted by molar-refractivity contribution is -0.890. The Morgan fingerprint density at radius 2 is 1.95 bits per heavy atom. The third-order valence-corrected chi connectivity index (χ3v) is 3.83. The second-order valence-electron chi connectivity index (χ2n) is 5.32. The molecule has 0 aliphatic rings. The normalized spacial score (nSPS) is 13.0. The second-order valence-corrected chi connectivity index (χ2v) is 5.73. The Morgan fingerprint density at radius 3 is 2.59 bits per heavy atom. The fraction of sp³-hybridized carbons (Fsp3) is 0.235. The van der Waals surface area contributed by atoms with Crippen molar-refractivity contribution in [2.24, 2.45) is 4.99 Å². The van der Waals surface area contributed by atoms with Crippen LogP contribution in [0.25, 0.3) is 0 Å². The maximum atomic E-state index is 14.1. The van der Waals surface area contributed by atoms with E-state index in [2.05, 4.69) is 4.99 Å². The Morgan fingerprint density at radius 1 is 1.23 bits per heavy atom. The maximum Gasteiger partial charge on any atom is 0.137 e. The molecule has 2 rings (SSSR count). The Labute approximate surface area is 134 Å². The number of aliphatic imine (C=N–C) groups is 1. The average molecular weight is 322 g/mol. The molecule has 0 aromatic heterocycles. The molecule has 2 N–H and O–H groups in total. The second kappa shape index (κ2) is 7.38. The first-order chi connectivity index (χ1) is 10.5. The molecule has 2 aromatic carbocycles. The Hall–Kier alpha value is -1.91. The van der Waals surface area contributed by atoms with E-state index in [1.165, 1.54) is 6.07 Å². The van der Waals surface area contributed by atoms with Gasteiger partial charge in [-0.05, 0) is 24.3 Å². The first-order valence-electron chi connectivity index (χ1n) is 7.02. The molecule has 5 heteroatoms. The van der Waals surface area contributed by atoms with E-state index in [9.17, 15) is 9.50 Å². The van der Waals surface area contributed by atoms with Crippen LogP contribution < -0.4 is 4.90 Å². The number of para-hydroxylation sites is 1. The van der Waals surface area contributed by atoms with Gasteiger partial charge in [-0.1, -0.05) is 29.8 Å². The number of phenols is 1. The Balaban J connectivity index is 2.22. The summed E-state index contributed by atoms with van der Waals surface area (Å²) in [5.74, 6) is -0.152. The molecule has 0 bridgehead atoms. The first-order valence-corrected chi connectivity index (χ1v) is 7.40. The number of nitrogens with zero attached hydrogens (tertiary/aromatic N) is 1. The quantitative estimate of drug-likeness (QED) is 0.816. The third-order valence-electron chi connectivity index (χ3n) is 3.50. The summed E-state index contributed by atoms with van der Waals surface area (Å²) in [4.78, 5) is 5.38. The van der Waals surface area contributed by atoms with E-state index < -0.39 is 0 Å². The molecule has 0 amide bonds. The minimum absolute atomic E-state index is 0.170. The topological polar surface area (TPSA) is 37.0 Å². The van der Waals surface area contributed by atoms with Crippen LogP contribution in [0.15, 0.2) is 47.5 Å². The molecule has 0 aliphatic carbocycles. The summed E-state index contributed by atoms with van der Waals surface area (Å²) in [7, 11) is 3.87. The molecular weight excluding hydrogens is 303 g/mol. The molecule has 3 nitrogen and oxygen atoms in total. The summed E-state index contributed by atoms with van der Waals surface area (Å²) >= 11 is 6.14. The Kier molecular flexibility index (Phi) is 5.52. The van der Waals surface area contributed by atoms with Crippen molar-refractivity contribution in [1.29, 1.82) is 0 Å². The van der Waals surface area contributed by atoms with Crippen LogP contribution in [0.3, 0.4) is 0 Å². The molecule has 0 spiro atoms. The van der Waals surface area contributed by atoms with Gasteiger partial charge >= 0.3 is 0 Å². The molecule has 0 unspecified atom stereocenters. The predicted octanol–water partition coefficient (Wildman–Crippen LogP) is 2.49. The fourth-order valence-electron chi connectivity index (χ4n) is 2.26. The lowest BCUT2D eigenvalue weighted by atomic mass is 10.1. The molecule has 0 saturated carbocycles. The van der Waals surface area contributed by atoms with Gasteiger partial charge in [-0.25, -0.2) is 4.39 Å². The van der Waals surface area contributed by atoms with Gasteiger partial charge < -0.3 is 10.0 Å². The maximum absolute atomic E-state index is 14.1. The van der Waals surface area contributed by atoms with E-state index in [0.29, 0.717) is 22.7 Å². The summed E-state index contributed by atoms with van der Waals surface area (Å²) < 4.78 is 14.1. The molecule has 1 atom stereocenters. The van der Waals surface area contributed by atoms with E-state index in [1.807, 2.05) is 20.2 Å². The van der Waals surface area contributed by atoms with Crippen molar-refractivity contribution in [1.82, 2.24) is 0 Å². The summed E-state index contributed by atoms with van der Waals surface area (Å²) in [5.41, 5.74) is 1.10. The van der Waals surface area contributed by atoms with Crippen molar-refractivity contribution in [3.8, 4) is 5.75 Å². The number of hydrogen-bond acceptors (Lipinski definition) is 2. The highest BCUT2D eigenvalue weighted by atomic mass is 35.5. The minimum atomic E-state index is -0.323. The van der Waals surface area contributed by atoms with Gasteiger partial charge in [0.05, 0.1) is 31.2 Å². The smallest absolute Gasteiger partial charge is 0.137 e. The van der Waals surface area contributed by atoms with Crippen LogP contribution in [-0.4, -0.2) is 32.0 Å². The SMILES string of the molecule is C[NH+](C)[C@@H](CN=Cc1ccccc1O)c1c(F)cccc1Cl. The molecule has 0 saturated heterocycles. The van der Waals surface area contributed by atoms with Crippen molar-refractivity contribution < 1.29 is 14.4 Å². The Bertz CT molecular complexity index is 653. The molecule has 0 radical (unpaired) electrons. The van der Waals surface area contributed by atoms with Crippen LogP contribution in [-0.2, 0) is 0 Å². The van der Waals surface area contributed by atoms with Gasteiger partial charge in [0.15, 0.2) is 0 Å². The number of rotatable bonds is 5. The molecule has 116 valence electrons. The van der Waals surface area contributed by atoms with Crippen molar-refractivity contribution in [2.45, 2.75) is 6.04 Å². The highest BCUT2D eigenvalue weighted by Gasteiger charge is 2.23. The van der Waals surface area contributed by atoms with Gasteiger partial charge in [0, 0.05) is 11.8 Å². The zero-order valence-electron chi connectivity index (χ0n) is 12.6. The molecule has 0 fully saturated rings. The number of likely N-dealkylation sites (N-methyl/N-ethyl adjacent to an activating group) is 1. The van der Waals surface area contributed by atoms with Crippen LogP contribution in [0.5, 0.6) is 5.75 Å². The highest BCUT2D eigenvalue weighted by Crippen LogP contribution is 2.24. The summed E-state index contributed by atoms with van der Waals surface area (Å²) in [6.45, 7) is 0.372. The largest absolute Gasteiger partial charge is 0.507 e. The van der Waals surface area contributed by atoms with Crippen molar-refractivity contribution in [2.75, 3.05) is 20.6 Å². The van der Waals surface area contributed by atoms with Gasteiger partial charge in [-0.3, -0.25) is 4.99 Å². The molecule has 22 heavy (non-hydrogen) atoms. The van der Waals surface area contributed by atoms with Gasteiger partial charge in [0.25, 0.3) is 0 Å². The standard InChI is InChI=1S/C17H18ClFN2O/c1-21(2)15(17-13(18)7-5-8-14(17)19)11-20-10-12-6-3-4-9-16(12)22/h3-10,15,22H,11H2,1-2H3/p+1/t15-/m0/s1. The minimum Gasteiger partial charge on any atom is -0.507 e. The van der Waals surface area contributed by atoms with Gasteiger partial charge in [0.1, 0.15) is 17.6 Å². The molecule has 2 aromatic rings. The van der Waals surface area contributed by atoms with E-state index in [0.717, 1.165) is 4.90 Å². The van der Waals surface area contributed by atoms with Crippen molar-refractivity contribution in [3.63, 3.8) is 0 Å². The van der Waals surface area contributed by atoms with Crippen molar-refractivity contribution >= 4 is 17.8 Å². The third kappa shape index (κ3) is 3.84. The van der Waals surface area contributed by atoms with Crippen molar-refractivity contribution in [3.05, 3.63) is 64.4 Å². The zero-order valence-corrected chi connectivity index (χ0v) is 13.3. The van der Waals surface area contributed by atoms with Gasteiger partial charge in [0.2, 0.25) is 0 Å². The van der Waals surface area contributed by atoms with Crippen LogP contribution in [0.1, 0.15) is 17.2 Å². The van der Waals surface area contributed by atoms with E-state index in [4.69, 9.17) is 11.6 Å². The number of hydrogen-bond donors (Lipinski definition) is 2. The van der Waals surface area contributed by atoms with E-state index >= 15 is 0 Å². The monoisotopic (exact) mass is 321 g/mol. The summed E-state index contributed by atoms with van der Waals surface area (Å²) in [6, 6.07) is 11.4. The molecule has 0 aliphatic heterocycles. The van der Waals surface area contributed by atoms with Crippen LogP contribution in [0, 0.1) is 5.82 Å².